The van der Waals surface area contributed by atoms with Gasteiger partial charge < -0.3 is 14.6 Å². The zero-order chi connectivity index (χ0) is 8.55. The van der Waals surface area contributed by atoms with Crippen molar-refractivity contribution in [3.05, 3.63) is 0 Å². The molecule has 0 aromatic rings. The lowest BCUT2D eigenvalue weighted by atomic mass is 9.94. The molecule has 3 nitrogen and oxygen atoms in total. The third kappa shape index (κ3) is 1.49. The predicted octanol–water partition coefficient (Wildman–Crippen LogP) is 0.704. The summed E-state index contributed by atoms with van der Waals surface area (Å²) in [5.41, 5.74) is 0. The van der Waals surface area contributed by atoms with Crippen LogP contribution in [-0.4, -0.2) is 36.1 Å². The molecule has 3 heteroatoms. The van der Waals surface area contributed by atoms with Gasteiger partial charge in [-0.15, -0.1) is 0 Å². The van der Waals surface area contributed by atoms with Crippen LogP contribution in [0, 0.1) is 0 Å². The molecule has 0 aliphatic carbocycles. The van der Waals surface area contributed by atoms with E-state index < -0.39 is 0 Å². The zero-order valence-corrected chi connectivity index (χ0v) is 7.40. The van der Waals surface area contributed by atoms with E-state index in [9.17, 15) is 5.11 Å². The monoisotopic (exact) mass is 172 g/mol. The summed E-state index contributed by atoms with van der Waals surface area (Å²) in [6.07, 6.45) is 2.93. The van der Waals surface area contributed by atoms with Crippen molar-refractivity contribution in [2.75, 3.05) is 6.61 Å². The molecular formula is C9H16O3. The second-order valence-electron chi connectivity index (χ2n) is 3.73. The summed E-state index contributed by atoms with van der Waals surface area (Å²) in [6.45, 7) is 2.75. The molecule has 0 saturated carbocycles. The minimum absolute atomic E-state index is 0.0204. The van der Waals surface area contributed by atoms with Crippen LogP contribution < -0.4 is 0 Å². The first-order valence-electron chi connectivity index (χ1n) is 4.72. The third-order valence-electron chi connectivity index (χ3n) is 2.78. The molecule has 0 radical (unpaired) electrons. The highest BCUT2D eigenvalue weighted by Gasteiger charge is 2.36. The molecule has 2 rings (SSSR count). The van der Waals surface area contributed by atoms with E-state index in [2.05, 4.69) is 0 Å². The molecule has 2 fully saturated rings. The van der Waals surface area contributed by atoms with Crippen LogP contribution >= 0.6 is 0 Å². The number of ether oxygens (including phenoxy) is 2. The van der Waals surface area contributed by atoms with Crippen LogP contribution in [0.1, 0.15) is 26.2 Å². The Morgan fingerprint density at radius 2 is 2.17 bits per heavy atom. The second-order valence-corrected chi connectivity index (χ2v) is 3.73. The summed E-state index contributed by atoms with van der Waals surface area (Å²) in [7, 11) is 0. The van der Waals surface area contributed by atoms with Gasteiger partial charge in [-0.05, 0) is 19.8 Å². The molecule has 0 bridgehead atoms. The predicted molar refractivity (Wildman–Crippen MR) is 43.9 cm³/mol. The Labute approximate surface area is 72.7 Å². The molecule has 0 aromatic heterocycles. The Hall–Kier alpha value is -0.120. The van der Waals surface area contributed by atoms with Crippen molar-refractivity contribution in [1.29, 1.82) is 0 Å². The van der Waals surface area contributed by atoms with E-state index >= 15 is 0 Å². The van der Waals surface area contributed by atoms with E-state index in [1.165, 1.54) is 0 Å². The van der Waals surface area contributed by atoms with Gasteiger partial charge in [0.15, 0.2) is 0 Å². The maximum absolute atomic E-state index is 9.51. The summed E-state index contributed by atoms with van der Waals surface area (Å²) in [5, 5.41) is 9.51. The summed E-state index contributed by atoms with van der Waals surface area (Å²) in [6, 6.07) is 0. The van der Waals surface area contributed by atoms with Crippen LogP contribution in [0.2, 0.25) is 0 Å². The number of hydrogen-bond acceptors (Lipinski definition) is 3. The highest BCUT2D eigenvalue weighted by Crippen LogP contribution is 2.28. The average molecular weight is 172 g/mol. The maximum atomic E-state index is 9.51. The van der Waals surface area contributed by atoms with E-state index in [4.69, 9.17) is 9.47 Å². The van der Waals surface area contributed by atoms with Crippen LogP contribution in [0.15, 0.2) is 0 Å². The first-order valence-corrected chi connectivity index (χ1v) is 4.72. The van der Waals surface area contributed by atoms with Crippen molar-refractivity contribution in [3.8, 4) is 0 Å². The second kappa shape index (κ2) is 3.32. The quantitative estimate of drug-likeness (QED) is 0.584. The van der Waals surface area contributed by atoms with E-state index in [1.807, 2.05) is 6.92 Å². The molecule has 2 aliphatic rings. The van der Waals surface area contributed by atoms with Crippen molar-refractivity contribution < 1.29 is 14.6 Å². The van der Waals surface area contributed by atoms with Crippen LogP contribution in [0.3, 0.4) is 0 Å². The van der Waals surface area contributed by atoms with E-state index in [0.717, 1.165) is 25.9 Å². The number of aliphatic hydroxyl groups excluding tert-OH is 1. The highest BCUT2D eigenvalue weighted by molar-refractivity contribution is 4.85. The molecule has 2 aliphatic heterocycles. The van der Waals surface area contributed by atoms with Gasteiger partial charge in [0.2, 0.25) is 0 Å². The van der Waals surface area contributed by atoms with E-state index in [1.54, 1.807) is 0 Å². The topological polar surface area (TPSA) is 38.7 Å². The Bertz CT molecular complexity index is 142. The van der Waals surface area contributed by atoms with Crippen LogP contribution in [0.4, 0.5) is 0 Å². The smallest absolute Gasteiger partial charge is 0.0862 e. The first-order chi connectivity index (χ1) is 5.77. The summed E-state index contributed by atoms with van der Waals surface area (Å²) >= 11 is 0. The fraction of sp³-hybridized carbons (Fsp3) is 1.00. The van der Waals surface area contributed by atoms with E-state index in [0.29, 0.717) is 0 Å². The molecule has 2 heterocycles. The highest BCUT2D eigenvalue weighted by atomic mass is 16.6. The molecule has 70 valence electrons. The van der Waals surface area contributed by atoms with Crippen molar-refractivity contribution in [3.63, 3.8) is 0 Å². The number of fused-ring (bicyclic) bond motifs is 1. The van der Waals surface area contributed by atoms with Gasteiger partial charge in [0, 0.05) is 13.0 Å². The summed E-state index contributed by atoms with van der Waals surface area (Å²) in [4.78, 5) is 0. The van der Waals surface area contributed by atoms with Crippen molar-refractivity contribution in [2.45, 2.75) is 50.6 Å². The minimum atomic E-state index is -0.343. The molecule has 0 unspecified atom stereocenters. The van der Waals surface area contributed by atoms with Crippen molar-refractivity contribution >= 4 is 0 Å². The molecule has 1 N–H and O–H groups in total. The van der Waals surface area contributed by atoms with Crippen LogP contribution in [0.5, 0.6) is 0 Å². The molecule has 0 spiro atoms. The summed E-state index contributed by atoms with van der Waals surface area (Å²) in [5.74, 6) is 0. The molecule has 0 aromatic carbocycles. The van der Waals surface area contributed by atoms with Gasteiger partial charge in [-0.25, -0.2) is 0 Å². The molecule has 12 heavy (non-hydrogen) atoms. The molecule has 2 saturated heterocycles. The van der Waals surface area contributed by atoms with Gasteiger partial charge in [0.05, 0.1) is 24.4 Å². The fourth-order valence-corrected chi connectivity index (χ4v) is 1.98. The Morgan fingerprint density at radius 3 is 3.00 bits per heavy atom. The van der Waals surface area contributed by atoms with Crippen LogP contribution in [0.25, 0.3) is 0 Å². The van der Waals surface area contributed by atoms with Crippen molar-refractivity contribution in [2.24, 2.45) is 0 Å². The number of aliphatic hydroxyl groups is 1. The van der Waals surface area contributed by atoms with Gasteiger partial charge in [-0.1, -0.05) is 0 Å². The van der Waals surface area contributed by atoms with Crippen LogP contribution in [-0.2, 0) is 9.47 Å². The number of rotatable bonds is 0. The lowest BCUT2D eigenvalue weighted by Crippen LogP contribution is -2.49. The normalized spacial score (nSPS) is 48.5. The summed E-state index contributed by atoms with van der Waals surface area (Å²) < 4.78 is 11.1. The van der Waals surface area contributed by atoms with Gasteiger partial charge in [0.25, 0.3) is 0 Å². The molecule has 0 amide bonds. The fourth-order valence-electron chi connectivity index (χ4n) is 1.98. The first kappa shape index (κ1) is 8.48. The van der Waals surface area contributed by atoms with Crippen molar-refractivity contribution in [1.82, 2.24) is 0 Å². The Kier molecular flexibility index (Phi) is 2.35. The number of hydrogen-bond donors (Lipinski definition) is 1. The van der Waals surface area contributed by atoms with Gasteiger partial charge >= 0.3 is 0 Å². The minimum Gasteiger partial charge on any atom is -0.390 e. The zero-order valence-electron chi connectivity index (χ0n) is 7.40. The van der Waals surface area contributed by atoms with E-state index in [-0.39, 0.29) is 24.4 Å². The lowest BCUT2D eigenvalue weighted by Gasteiger charge is -2.40. The Morgan fingerprint density at radius 1 is 1.33 bits per heavy atom. The molecule has 4 atom stereocenters. The molecular weight excluding hydrogens is 156 g/mol. The SMILES string of the molecule is C[C@@H]1O[C@@H]2CCCO[C@H]2C[C@H]1O. The Balaban J connectivity index is 1.98. The third-order valence-corrected chi connectivity index (χ3v) is 2.78. The lowest BCUT2D eigenvalue weighted by molar-refractivity contribution is -0.196. The maximum Gasteiger partial charge on any atom is 0.0862 e. The van der Waals surface area contributed by atoms with Gasteiger partial charge in [-0.2, -0.15) is 0 Å². The largest absolute Gasteiger partial charge is 0.390 e. The van der Waals surface area contributed by atoms with Gasteiger partial charge in [-0.3, -0.25) is 0 Å². The average Bonchev–Trinajstić information content (AvgIpc) is 2.07. The standard InChI is InChI=1S/C9H16O3/c1-6-7(10)5-9-8(12-6)3-2-4-11-9/h6-10H,2-5H2,1H3/t6-,7+,8+,9-/m0/s1. The van der Waals surface area contributed by atoms with Gasteiger partial charge in [0.1, 0.15) is 0 Å².